The van der Waals surface area contributed by atoms with E-state index in [1.54, 1.807) is 13.2 Å². The quantitative estimate of drug-likeness (QED) is 0.524. The van der Waals surface area contributed by atoms with Crippen molar-refractivity contribution in [3.8, 4) is 11.6 Å². The fourth-order valence-electron chi connectivity index (χ4n) is 3.50. The minimum atomic E-state index is 0.0191. The number of pyridine rings is 1. The summed E-state index contributed by atoms with van der Waals surface area (Å²) in [6, 6.07) is 9.99. The maximum absolute atomic E-state index is 5.95. The van der Waals surface area contributed by atoms with E-state index in [1.165, 1.54) is 11.1 Å². The van der Waals surface area contributed by atoms with Crippen LogP contribution in [0.25, 0.3) is 0 Å². The summed E-state index contributed by atoms with van der Waals surface area (Å²) in [4.78, 5) is 11.2. The number of hydrogen-bond donors (Lipinski definition) is 2. The number of hydrogen-bond acceptors (Lipinski definition) is 5. The zero-order chi connectivity index (χ0) is 22.3. The summed E-state index contributed by atoms with van der Waals surface area (Å²) in [6.45, 7) is 13.6. The molecule has 0 saturated carbocycles. The number of benzene rings is 1. The lowest BCUT2D eigenvalue weighted by atomic mass is 10.0. The highest BCUT2D eigenvalue weighted by atomic mass is 16.5. The standard InChI is InChI=1S/C24H35N5O2/c1-18-6-7-21(14-19(18)2)31-22-15-20(8-9-26-22)16-27-23(25-5)28-17-24(3,4)29-10-12-30-13-11-29/h6-9,14-15H,10-13,16-17H2,1-5H3,(H2,25,27,28). The van der Waals surface area contributed by atoms with Crippen LogP contribution in [0.4, 0.5) is 0 Å². The molecule has 1 aliphatic rings. The Labute approximate surface area is 185 Å². The van der Waals surface area contributed by atoms with Gasteiger partial charge in [-0.2, -0.15) is 0 Å². The molecule has 3 rings (SSSR count). The molecule has 168 valence electrons. The lowest BCUT2D eigenvalue weighted by Crippen LogP contribution is -2.56. The molecule has 0 spiro atoms. The third-order valence-corrected chi connectivity index (χ3v) is 5.74. The van der Waals surface area contributed by atoms with E-state index in [9.17, 15) is 0 Å². The predicted molar refractivity (Wildman–Crippen MR) is 125 cm³/mol. The Bertz CT molecular complexity index is 891. The maximum Gasteiger partial charge on any atom is 0.219 e. The van der Waals surface area contributed by atoms with Gasteiger partial charge in [-0.1, -0.05) is 6.07 Å². The number of ether oxygens (including phenoxy) is 2. The van der Waals surface area contributed by atoms with Crippen molar-refractivity contribution in [1.82, 2.24) is 20.5 Å². The Hall–Kier alpha value is -2.64. The van der Waals surface area contributed by atoms with E-state index < -0.39 is 0 Å². The van der Waals surface area contributed by atoms with E-state index in [1.807, 2.05) is 24.3 Å². The second kappa shape index (κ2) is 10.6. The Balaban J connectivity index is 1.53. The predicted octanol–water partition coefficient (Wildman–Crippen LogP) is 3.27. The van der Waals surface area contributed by atoms with Crippen LogP contribution >= 0.6 is 0 Å². The summed E-state index contributed by atoms with van der Waals surface area (Å²) >= 11 is 0. The Morgan fingerprint density at radius 2 is 1.90 bits per heavy atom. The minimum Gasteiger partial charge on any atom is -0.439 e. The van der Waals surface area contributed by atoms with Crippen LogP contribution in [0.5, 0.6) is 11.6 Å². The molecule has 1 fully saturated rings. The van der Waals surface area contributed by atoms with Crippen LogP contribution < -0.4 is 15.4 Å². The van der Waals surface area contributed by atoms with Crippen molar-refractivity contribution in [2.45, 2.75) is 39.8 Å². The van der Waals surface area contributed by atoms with Gasteiger partial charge in [0.15, 0.2) is 5.96 Å². The van der Waals surface area contributed by atoms with Crippen LogP contribution in [0.3, 0.4) is 0 Å². The average Bonchev–Trinajstić information content (AvgIpc) is 2.77. The summed E-state index contributed by atoms with van der Waals surface area (Å²) in [5, 5.41) is 6.83. The molecular formula is C24H35N5O2. The average molecular weight is 426 g/mol. The van der Waals surface area contributed by atoms with Gasteiger partial charge in [-0.05, 0) is 62.6 Å². The molecule has 0 unspecified atom stereocenters. The second-order valence-electron chi connectivity index (χ2n) is 8.54. The fraction of sp³-hybridized carbons (Fsp3) is 0.500. The lowest BCUT2D eigenvalue weighted by molar-refractivity contribution is -0.00834. The third-order valence-electron chi connectivity index (χ3n) is 5.74. The molecule has 1 aromatic carbocycles. The van der Waals surface area contributed by atoms with Gasteiger partial charge in [-0.25, -0.2) is 4.98 Å². The molecule has 1 aromatic heterocycles. The number of aryl methyl sites for hydroxylation is 2. The van der Waals surface area contributed by atoms with Crippen LogP contribution in [0.2, 0.25) is 0 Å². The van der Waals surface area contributed by atoms with E-state index in [0.717, 1.165) is 50.1 Å². The minimum absolute atomic E-state index is 0.0191. The van der Waals surface area contributed by atoms with E-state index in [-0.39, 0.29) is 5.54 Å². The van der Waals surface area contributed by atoms with Gasteiger partial charge in [-0.15, -0.1) is 0 Å². The smallest absolute Gasteiger partial charge is 0.219 e. The largest absolute Gasteiger partial charge is 0.439 e. The number of aromatic nitrogens is 1. The Morgan fingerprint density at radius 3 is 2.61 bits per heavy atom. The molecule has 0 radical (unpaired) electrons. The molecule has 2 aromatic rings. The van der Waals surface area contributed by atoms with Crippen molar-refractivity contribution in [3.63, 3.8) is 0 Å². The molecule has 0 amide bonds. The molecule has 7 heteroatoms. The number of rotatable bonds is 7. The van der Waals surface area contributed by atoms with Gasteiger partial charge in [0.2, 0.25) is 5.88 Å². The Morgan fingerprint density at radius 1 is 1.13 bits per heavy atom. The highest BCUT2D eigenvalue weighted by molar-refractivity contribution is 5.79. The van der Waals surface area contributed by atoms with Crippen LogP contribution in [0.1, 0.15) is 30.5 Å². The number of guanidine groups is 1. The zero-order valence-corrected chi connectivity index (χ0v) is 19.4. The van der Waals surface area contributed by atoms with Crippen LogP contribution in [-0.4, -0.2) is 61.3 Å². The highest BCUT2D eigenvalue weighted by Crippen LogP contribution is 2.22. The highest BCUT2D eigenvalue weighted by Gasteiger charge is 2.28. The maximum atomic E-state index is 5.95. The monoisotopic (exact) mass is 425 g/mol. The van der Waals surface area contributed by atoms with Crippen LogP contribution in [0, 0.1) is 13.8 Å². The number of nitrogens with zero attached hydrogens (tertiary/aromatic N) is 3. The fourth-order valence-corrected chi connectivity index (χ4v) is 3.50. The molecule has 2 heterocycles. The molecule has 31 heavy (non-hydrogen) atoms. The van der Waals surface area contributed by atoms with Crippen molar-refractivity contribution in [2.75, 3.05) is 39.9 Å². The normalized spacial score (nSPS) is 15.6. The first-order valence-electron chi connectivity index (χ1n) is 10.8. The van der Waals surface area contributed by atoms with Crippen LogP contribution in [-0.2, 0) is 11.3 Å². The second-order valence-corrected chi connectivity index (χ2v) is 8.54. The number of aliphatic imine (C=N–C) groups is 1. The topological polar surface area (TPSA) is 71.0 Å². The lowest BCUT2D eigenvalue weighted by Gasteiger charge is -2.41. The summed E-state index contributed by atoms with van der Waals surface area (Å²) in [5.74, 6) is 2.15. The molecule has 0 bridgehead atoms. The summed E-state index contributed by atoms with van der Waals surface area (Å²) in [6.07, 6.45) is 1.77. The molecule has 7 nitrogen and oxygen atoms in total. The molecule has 0 aliphatic carbocycles. The van der Waals surface area contributed by atoms with Crippen molar-refractivity contribution in [2.24, 2.45) is 4.99 Å². The van der Waals surface area contributed by atoms with Gasteiger partial charge in [0.1, 0.15) is 5.75 Å². The van der Waals surface area contributed by atoms with Gasteiger partial charge in [-0.3, -0.25) is 9.89 Å². The van der Waals surface area contributed by atoms with E-state index in [0.29, 0.717) is 12.4 Å². The molecule has 1 saturated heterocycles. The van der Waals surface area contributed by atoms with Gasteiger partial charge in [0.05, 0.1) is 13.2 Å². The van der Waals surface area contributed by atoms with Crippen molar-refractivity contribution in [3.05, 3.63) is 53.2 Å². The van der Waals surface area contributed by atoms with Crippen molar-refractivity contribution in [1.29, 1.82) is 0 Å². The molecular weight excluding hydrogens is 390 g/mol. The van der Waals surface area contributed by atoms with Gasteiger partial charge in [0, 0.05) is 51.0 Å². The molecule has 2 N–H and O–H groups in total. The summed E-state index contributed by atoms with van der Waals surface area (Å²) < 4.78 is 11.4. The zero-order valence-electron chi connectivity index (χ0n) is 19.4. The molecule has 1 aliphatic heterocycles. The number of nitrogens with one attached hydrogen (secondary N) is 2. The third kappa shape index (κ3) is 6.67. The first-order chi connectivity index (χ1) is 14.9. The number of morpholine rings is 1. The SMILES string of the molecule is CN=C(NCc1ccnc(Oc2ccc(C)c(C)c2)c1)NCC(C)(C)N1CCOCC1. The van der Waals surface area contributed by atoms with Gasteiger partial charge >= 0.3 is 0 Å². The van der Waals surface area contributed by atoms with Crippen molar-refractivity contribution >= 4 is 5.96 Å². The van der Waals surface area contributed by atoms with Gasteiger partial charge in [0.25, 0.3) is 0 Å². The van der Waals surface area contributed by atoms with E-state index in [4.69, 9.17) is 9.47 Å². The summed E-state index contributed by atoms with van der Waals surface area (Å²) in [5.41, 5.74) is 3.54. The van der Waals surface area contributed by atoms with Gasteiger partial charge < -0.3 is 20.1 Å². The first-order valence-corrected chi connectivity index (χ1v) is 10.8. The van der Waals surface area contributed by atoms with E-state index >= 15 is 0 Å². The van der Waals surface area contributed by atoms with Crippen LogP contribution in [0.15, 0.2) is 41.5 Å². The Kier molecular flexibility index (Phi) is 7.87. The summed E-state index contributed by atoms with van der Waals surface area (Å²) in [7, 11) is 1.79. The van der Waals surface area contributed by atoms with E-state index in [2.05, 4.69) is 59.3 Å². The first kappa shape index (κ1) is 23.0. The molecule has 0 atom stereocenters. The van der Waals surface area contributed by atoms with Crippen molar-refractivity contribution < 1.29 is 9.47 Å².